The lowest BCUT2D eigenvalue weighted by molar-refractivity contribution is 0.389. The topological polar surface area (TPSA) is 46.6 Å². The molecule has 0 N–H and O–H groups in total. The molecule has 0 radical (unpaired) electrons. The van der Waals surface area contributed by atoms with Crippen LogP contribution in [-0.4, -0.2) is 29.1 Å². The summed E-state index contributed by atoms with van der Waals surface area (Å²) in [4.78, 5) is 1.93. The molecule has 0 aliphatic carbocycles. The van der Waals surface area contributed by atoms with Gasteiger partial charge in [0.15, 0.2) is 0 Å². The van der Waals surface area contributed by atoms with Crippen LogP contribution in [0.25, 0.3) is 0 Å². The van der Waals surface area contributed by atoms with E-state index in [1.165, 1.54) is 7.11 Å². The van der Waals surface area contributed by atoms with Crippen molar-refractivity contribution in [1.29, 1.82) is 0 Å². The molecule has 1 aromatic rings. The highest BCUT2D eigenvalue weighted by atomic mass is 32.2. The third kappa shape index (κ3) is 1.61. The molecule has 15 heavy (non-hydrogen) atoms. The predicted molar refractivity (Wildman–Crippen MR) is 58.4 cm³/mol. The van der Waals surface area contributed by atoms with Crippen molar-refractivity contribution >= 4 is 15.8 Å². The minimum atomic E-state index is -3.49. The average Bonchev–Trinajstić information content (AvgIpc) is 2.58. The minimum absolute atomic E-state index is 0.454. The van der Waals surface area contributed by atoms with Gasteiger partial charge in [0.25, 0.3) is 10.1 Å². The number of para-hydroxylation sites is 1. The normalized spacial score (nSPS) is 20.4. The fourth-order valence-corrected chi connectivity index (χ4v) is 3.06. The molecule has 0 spiro atoms. The van der Waals surface area contributed by atoms with Gasteiger partial charge in [0.1, 0.15) is 5.25 Å². The van der Waals surface area contributed by atoms with Crippen LogP contribution in [0.2, 0.25) is 0 Å². The summed E-state index contributed by atoms with van der Waals surface area (Å²) < 4.78 is 27.9. The van der Waals surface area contributed by atoms with Crippen molar-refractivity contribution in [3.63, 3.8) is 0 Å². The lowest BCUT2D eigenvalue weighted by Gasteiger charge is -2.11. The fraction of sp³-hybridized carbons (Fsp3) is 0.400. The van der Waals surface area contributed by atoms with E-state index in [4.69, 9.17) is 0 Å². The molecule has 0 saturated carbocycles. The van der Waals surface area contributed by atoms with Crippen LogP contribution in [0, 0.1) is 0 Å². The van der Waals surface area contributed by atoms with Gasteiger partial charge >= 0.3 is 0 Å². The first-order valence-corrected chi connectivity index (χ1v) is 6.13. The number of benzene rings is 1. The van der Waals surface area contributed by atoms with Crippen molar-refractivity contribution < 1.29 is 12.6 Å². The first kappa shape index (κ1) is 10.4. The largest absolute Gasteiger partial charge is 0.373 e. The number of hydrogen-bond donors (Lipinski definition) is 0. The lowest BCUT2D eigenvalue weighted by atomic mass is 10.2. The van der Waals surface area contributed by atoms with E-state index < -0.39 is 15.4 Å². The standard InChI is InChI=1S/C10H13NO3S/c1-11-7-10(15(12,13)14-2)8-5-3-4-6-9(8)11/h3-6,10H,7H2,1-2H3. The monoisotopic (exact) mass is 227 g/mol. The fourth-order valence-electron chi connectivity index (χ4n) is 1.92. The summed E-state index contributed by atoms with van der Waals surface area (Å²) in [5.41, 5.74) is 1.78. The Bertz CT molecular complexity index is 469. The highest BCUT2D eigenvalue weighted by Crippen LogP contribution is 2.38. The number of rotatable bonds is 2. The van der Waals surface area contributed by atoms with E-state index >= 15 is 0 Å². The maximum Gasteiger partial charge on any atom is 0.276 e. The van der Waals surface area contributed by atoms with E-state index in [1.54, 1.807) is 0 Å². The molecule has 82 valence electrons. The first-order chi connectivity index (χ1) is 7.06. The van der Waals surface area contributed by atoms with E-state index in [-0.39, 0.29) is 0 Å². The molecule has 1 heterocycles. The van der Waals surface area contributed by atoms with Crippen LogP contribution in [0.15, 0.2) is 24.3 Å². The van der Waals surface area contributed by atoms with Crippen molar-refractivity contribution in [3.8, 4) is 0 Å². The van der Waals surface area contributed by atoms with E-state index in [0.29, 0.717) is 6.54 Å². The zero-order valence-corrected chi connectivity index (χ0v) is 9.49. The summed E-state index contributed by atoms with van der Waals surface area (Å²) in [7, 11) is -0.402. The van der Waals surface area contributed by atoms with Gasteiger partial charge in [-0.15, -0.1) is 0 Å². The Balaban J connectivity index is 2.50. The van der Waals surface area contributed by atoms with Gasteiger partial charge in [0.2, 0.25) is 0 Å². The van der Waals surface area contributed by atoms with Crippen LogP contribution in [0.3, 0.4) is 0 Å². The van der Waals surface area contributed by atoms with Crippen LogP contribution in [-0.2, 0) is 14.3 Å². The van der Waals surface area contributed by atoms with Gasteiger partial charge < -0.3 is 4.90 Å². The van der Waals surface area contributed by atoms with E-state index in [9.17, 15) is 8.42 Å². The van der Waals surface area contributed by atoms with Gasteiger partial charge in [-0.2, -0.15) is 8.42 Å². The second-order valence-electron chi connectivity index (χ2n) is 3.59. The molecule has 0 bridgehead atoms. The lowest BCUT2D eigenvalue weighted by Crippen LogP contribution is -2.21. The molecule has 1 unspecified atom stereocenters. The maximum atomic E-state index is 11.7. The number of hydrogen-bond acceptors (Lipinski definition) is 4. The molecule has 0 fully saturated rings. The Kier molecular flexibility index (Phi) is 2.44. The molecule has 0 saturated heterocycles. The molecule has 2 rings (SSSR count). The number of anilines is 1. The van der Waals surface area contributed by atoms with Crippen LogP contribution in [0.4, 0.5) is 5.69 Å². The van der Waals surface area contributed by atoms with Gasteiger partial charge in [-0.3, -0.25) is 4.18 Å². The van der Waals surface area contributed by atoms with Gasteiger partial charge in [0.05, 0.1) is 7.11 Å². The van der Waals surface area contributed by atoms with E-state index in [0.717, 1.165) is 11.3 Å². The minimum Gasteiger partial charge on any atom is -0.373 e. The molecule has 4 nitrogen and oxygen atoms in total. The van der Waals surface area contributed by atoms with Crippen molar-refractivity contribution in [1.82, 2.24) is 0 Å². The number of nitrogens with zero attached hydrogens (tertiary/aromatic N) is 1. The smallest absolute Gasteiger partial charge is 0.276 e. The predicted octanol–water partition coefficient (Wildman–Crippen LogP) is 1.15. The SMILES string of the molecule is COS(=O)(=O)C1CN(C)c2ccccc21. The number of fused-ring (bicyclic) bond motifs is 1. The molecule has 5 heteroatoms. The zero-order chi connectivity index (χ0) is 11.1. The van der Waals surface area contributed by atoms with Gasteiger partial charge in [0, 0.05) is 19.3 Å². The summed E-state index contributed by atoms with van der Waals surface area (Å²) in [6.07, 6.45) is 0. The second-order valence-corrected chi connectivity index (χ2v) is 5.48. The second kappa shape index (κ2) is 3.50. The molecule has 1 aromatic carbocycles. The Morgan fingerprint density at radius 1 is 1.40 bits per heavy atom. The third-order valence-corrected chi connectivity index (χ3v) is 4.28. The first-order valence-electron chi connectivity index (χ1n) is 4.66. The van der Waals surface area contributed by atoms with Crippen molar-refractivity contribution in [2.45, 2.75) is 5.25 Å². The third-order valence-electron chi connectivity index (χ3n) is 2.72. The highest BCUT2D eigenvalue weighted by molar-refractivity contribution is 7.87. The summed E-state index contributed by atoms with van der Waals surface area (Å²) in [6, 6.07) is 7.49. The molecule has 0 aromatic heterocycles. The van der Waals surface area contributed by atoms with Gasteiger partial charge in [-0.25, -0.2) is 0 Å². The molecular formula is C10H13NO3S. The molecular weight excluding hydrogens is 214 g/mol. The highest BCUT2D eigenvalue weighted by Gasteiger charge is 2.36. The van der Waals surface area contributed by atoms with Crippen LogP contribution in [0.1, 0.15) is 10.8 Å². The van der Waals surface area contributed by atoms with Crippen LogP contribution in [0.5, 0.6) is 0 Å². The Labute approximate surface area is 89.6 Å². The Morgan fingerprint density at radius 2 is 2.07 bits per heavy atom. The molecule has 1 aliphatic heterocycles. The van der Waals surface area contributed by atoms with Crippen molar-refractivity contribution in [2.24, 2.45) is 0 Å². The van der Waals surface area contributed by atoms with E-state index in [1.807, 2.05) is 36.2 Å². The summed E-state index contributed by atoms with van der Waals surface area (Å²) in [5, 5.41) is -0.566. The summed E-state index contributed by atoms with van der Waals surface area (Å²) in [6.45, 7) is 0.454. The van der Waals surface area contributed by atoms with E-state index in [2.05, 4.69) is 4.18 Å². The Hall–Kier alpha value is -1.07. The zero-order valence-electron chi connectivity index (χ0n) is 8.67. The Morgan fingerprint density at radius 3 is 2.73 bits per heavy atom. The molecule has 0 amide bonds. The van der Waals surface area contributed by atoms with Crippen LogP contribution < -0.4 is 4.90 Å². The molecule has 1 atom stereocenters. The van der Waals surface area contributed by atoms with Crippen molar-refractivity contribution in [2.75, 3.05) is 25.6 Å². The van der Waals surface area contributed by atoms with Gasteiger partial charge in [-0.1, -0.05) is 18.2 Å². The summed E-state index contributed by atoms with van der Waals surface area (Å²) >= 11 is 0. The summed E-state index contributed by atoms with van der Waals surface area (Å²) in [5.74, 6) is 0. The van der Waals surface area contributed by atoms with Gasteiger partial charge in [-0.05, 0) is 11.6 Å². The van der Waals surface area contributed by atoms with Crippen LogP contribution >= 0.6 is 0 Å². The molecule has 1 aliphatic rings. The average molecular weight is 227 g/mol. The van der Waals surface area contributed by atoms with Crippen molar-refractivity contribution in [3.05, 3.63) is 29.8 Å². The number of likely N-dealkylation sites (N-methyl/N-ethyl adjacent to an activating group) is 1. The maximum absolute atomic E-state index is 11.7. The quantitative estimate of drug-likeness (QED) is 0.711.